The molecule has 0 bridgehead atoms. The van der Waals surface area contributed by atoms with E-state index in [1.54, 1.807) is 48.7 Å². The van der Waals surface area contributed by atoms with Crippen molar-refractivity contribution in [2.24, 2.45) is 5.92 Å². The summed E-state index contributed by atoms with van der Waals surface area (Å²) in [5.41, 5.74) is 1.60. The van der Waals surface area contributed by atoms with Gasteiger partial charge in [-0.15, -0.1) is 0 Å². The standard InChI is InChI=1S/C24H23N3O4/c1-30-21-6-2-3-7-22(21)31-20-10-8-19(9-11-20)26-24(29)18-13-23(28)27(16-18)15-17-5-4-12-25-14-17/h2-12,14,18H,13,15-16H2,1H3,(H,26,29). The molecule has 158 valence electrons. The Morgan fingerprint density at radius 3 is 2.58 bits per heavy atom. The predicted molar refractivity (Wildman–Crippen MR) is 116 cm³/mol. The predicted octanol–water partition coefficient (Wildman–Crippen LogP) is 3.87. The van der Waals surface area contributed by atoms with E-state index in [0.717, 1.165) is 5.56 Å². The Morgan fingerprint density at radius 1 is 1.10 bits per heavy atom. The van der Waals surface area contributed by atoms with Crippen molar-refractivity contribution in [2.75, 3.05) is 19.0 Å². The second kappa shape index (κ2) is 9.30. The number of nitrogens with zero attached hydrogens (tertiary/aromatic N) is 2. The number of hydrogen-bond donors (Lipinski definition) is 1. The number of aromatic nitrogens is 1. The molecule has 4 rings (SSSR count). The highest BCUT2D eigenvalue weighted by molar-refractivity contribution is 5.97. The van der Waals surface area contributed by atoms with Gasteiger partial charge in [0.15, 0.2) is 11.5 Å². The Bertz CT molecular complexity index is 1050. The smallest absolute Gasteiger partial charge is 0.229 e. The van der Waals surface area contributed by atoms with Crippen LogP contribution in [0.25, 0.3) is 0 Å². The zero-order valence-electron chi connectivity index (χ0n) is 17.2. The number of likely N-dealkylation sites (tertiary alicyclic amines) is 1. The lowest BCUT2D eigenvalue weighted by Crippen LogP contribution is -2.28. The van der Waals surface area contributed by atoms with Crippen LogP contribution < -0.4 is 14.8 Å². The van der Waals surface area contributed by atoms with E-state index in [-0.39, 0.29) is 24.2 Å². The van der Waals surface area contributed by atoms with E-state index in [0.29, 0.717) is 36.0 Å². The van der Waals surface area contributed by atoms with Gasteiger partial charge < -0.3 is 19.7 Å². The van der Waals surface area contributed by atoms with Crippen LogP contribution in [0.3, 0.4) is 0 Å². The number of pyridine rings is 1. The molecule has 1 N–H and O–H groups in total. The molecular weight excluding hydrogens is 394 g/mol. The van der Waals surface area contributed by atoms with Gasteiger partial charge in [-0.05, 0) is 48.0 Å². The number of hydrogen-bond acceptors (Lipinski definition) is 5. The lowest BCUT2D eigenvalue weighted by atomic mass is 10.1. The molecule has 7 heteroatoms. The van der Waals surface area contributed by atoms with E-state index in [9.17, 15) is 9.59 Å². The van der Waals surface area contributed by atoms with Crippen LogP contribution in [0.4, 0.5) is 5.69 Å². The van der Waals surface area contributed by atoms with Crippen LogP contribution >= 0.6 is 0 Å². The molecule has 0 spiro atoms. The Kier molecular flexibility index (Phi) is 6.12. The highest BCUT2D eigenvalue weighted by atomic mass is 16.5. The molecule has 0 aliphatic carbocycles. The van der Waals surface area contributed by atoms with Crippen molar-refractivity contribution in [3.63, 3.8) is 0 Å². The molecule has 1 unspecified atom stereocenters. The quantitative estimate of drug-likeness (QED) is 0.631. The number of benzene rings is 2. The highest BCUT2D eigenvalue weighted by Gasteiger charge is 2.34. The Hall–Kier alpha value is -3.87. The van der Waals surface area contributed by atoms with Crippen LogP contribution in [0.1, 0.15) is 12.0 Å². The van der Waals surface area contributed by atoms with Gasteiger partial charge in [0.25, 0.3) is 0 Å². The second-order valence-corrected chi connectivity index (χ2v) is 7.30. The summed E-state index contributed by atoms with van der Waals surface area (Å²) in [7, 11) is 1.59. The minimum Gasteiger partial charge on any atom is -0.493 e. The molecule has 1 atom stereocenters. The normalized spacial score (nSPS) is 15.6. The van der Waals surface area contributed by atoms with Crippen molar-refractivity contribution in [2.45, 2.75) is 13.0 Å². The van der Waals surface area contributed by atoms with E-state index < -0.39 is 0 Å². The molecule has 2 amide bonds. The Labute approximate surface area is 180 Å². The average Bonchev–Trinajstić information content (AvgIpc) is 3.16. The van der Waals surface area contributed by atoms with E-state index >= 15 is 0 Å². The average molecular weight is 417 g/mol. The highest BCUT2D eigenvalue weighted by Crippen LogP contribution is 2.31. The van der Waals surface area contributed by atoms with Gasteiger partial charge >= 0.3 is 0 Å². The molecule has 1 fully saturated rings. The van der Waals surface area contributed by atoms with Crippen molar-refractivity contribution in [3.05, 3.63) is 78.6 Å². The number of carbonyl (C=O) groups excluding carboxylic acids is 2. The minimum absolute atomic E-state index is 0.0236. The summed E-state index contributed by atoms with van der Waals surface area (Å²) in [5, 5.41) is 2.89. The van der Waals surface area contributed by atoms with Crippen LogP contribution in [0.15, 0.2) is 73.1 Å². The minimum atomic E-state index is -0.381. The number of methoxy groups -OCH3 is 1. The molecule has 2 aromatic carbocycles. The van der Waals surface area contributed by atoms with Crippen LogP contribution in [-0.2, 0) is 16.1 Å². The maximum Gasteiger partial charge on any atom is 0.229 e. The summed E-state index contributed by atoms with van der Waals surface area (Å²) >= 11 is 0. The first-order valence-electron chi connectivity index (χ1n) is 10.0. The molecule has 2 heterocycles. The first kappa shape index (κ1) is 20.4. The molecule has 7 nitrogen and oxygen atoms in total. The summed E-state index contributed by atoms with van der Waals surface area (Å²) in [6.07, 6.45) is 3.63. The fourth-order valence-corrected chi connectivity index (χ4v) is 3.49. The maximum atomic E-state index is 12.7. The SMILES string of the molecule is COc1ccccc1Oc1ccc(NC(=O)C2CC(=O)N(Cc3cccnc3)C2)cc1. The van der Waals surface area contributed by atoms with Crippen molar-refractivity contribution in [3.8, 4) is 17.2 Å². The van der Waals surface area contributed by atoms with Crippen molar-refractivity contribution >= 4 is 17.5 Å². The maximum absolute atomic E-state index is 12.7. The van der Waals surface area contributed by atoms with E-state index in [4.69, 9.17) is 9.47 Å². The first-order valence-corrected chi connectivity index (χ1v) is 10.0. The fraction of sp³-hybridized carbons (Fsp3) is 0.208. The fourth-order valence-electron chi connectivity index (χ4n) is 3.49. The van der Waals surface area contributed by atoms with Crippen LogP contribution in [0.2, 0.25) is 0 Å². The first-order chi connectivity index (χ1) is 15.1. The van der Waals surface area contributed by atoms with Crippen molar-refractivity contribution in [1.29, 1.82) is 0 Å². The third-order valence-electron chi connectivity index (χ3n) is 5.10. The number of nitrogens with one attached hydrogen (secondary N) is 1. The number of ether oxygens (including phenoxy) is 2. The van der Waals surface area contributed by atoms with E-state index in [1.165, 1.54) is 0 Å². The number of carbonyl (C=O) groups is 2. The van der Waals surface area contributed by atoms with Crippen LogP contribution in [0.5, 0.6) is 17.2 Å². The molecule has 0 saturated carbocycles. The molecule has 1 aliphatic rings. The van der Waals surface area contributed by atoms with Gasteiger partial charge in [-0.3, -0.25) is 14.6 Å². The van der Waals surface area contributed by atoms with Crippen LogP contribution in [0, 0.1) is 5.92 Å². The van der Waals surface area contributed by atoms with E-state index in [2.05, 4.69) is 10.3 Å². The zero-order valence-corrected chi connectivity index (χ0v) is 17.2. The monoisotopic (exact) mass is 417 g/mol. The Balaban J connectivity index is 1.34. The molecule has 31 heavy (non-hydrogen) atoms. The summed E-state index contributed by atoms with van der Waals surface area (Å²) in [6, 6.07) is 18.2. The largest absolute Gasteiger partial charge is 0.493 e. The molecule has 1 aliphatic heterocycles. The number of rotatable bonds is 7. The number of anilines is 1. The molecule has 0 radical (unpaired) electrons. The molecule has 1 saturated heterocycles. The van der Waals surface area contributed by atoms with Gasteiger partial charge in [-0.25, -0.2) is 0 Å². The van der Waals surface area contributed by atoms with Crippen molar-refractivity contribution < 1.29 is 19.1 Å². The van der Waals surface area contributed by atoms with Crippen LogP contribution in [-0.4, -0.2) is 35.4 Å². The summed E-state index contributed by atoms with van der Waals surface area (Å²) in [4.78, 5) is 30.8. The van der Waals surface area contributed by atoms with Gasteiger partial charge in [0.1, 0.15) is 5.75 Å². The lowest BCUT2D eigenvalue weighted by molar-refractivity contribution is -0.128. The van der Waals surface area contributed by atoms with E-state index in [1.807, 2.05) is 36.4 Å². The second-order valence-electron chi connectivity index (χ2n) is 7.30. The third-order valence-corrected chi connectivity index (χ3v) is 5.10. The Morgan fingerprint density at radius 2 is 1.87 bits per heavy atom. The van der Waals surface area contributed by atoms with Gasteiger partial charge in [0.2, 0.25) is 11.8 Å². The molecule has 1 aromatic heterocycles. The summed E-state index contributed by atoms with van der Waals surface area (Å²) in [6.45, 7) is 0.861. The van der Waals surface area contributed by atoms with Gasteiger partial charge in [0.05, 0.1) is 13.0 Å². The zero-order chi connectivity index (χ0) is 21.6. The van der Waals surface area contributed by atoms with Crippen molar-refractivity contribution in [1.82, 2.24) is 9.88 Å². The van der Waals surface area contributed by atoms with Gasteiger partial charge in [-0.2, -0.15) is 0 Å². The topological polar surface area (TPSA) is 80.8 Å². The van der Waals surface area contributed by atoms with Gasteiger partial charge in [-0.1, -0.05) is 18.2 Å². The lowest BCUT2D eigenvalue weighted by Gasteiger charge is -2.16. The summed E-state index contributed by atoms with van der Waals surface area (Å²) in [5.74, 6) is 1.31. The summed E-state index contributed by atoms with van der Waals surface area (Å²) < 4.78 is 11.1. The number of amides is 2. The molecular formula is C24H23N3O4. The molecule has 3 aromatic rings. The van der Waals surface area contributed by atoms with Gasteiger partial charge in [0, 0.05) is 37.6 Å². The third kappa shape index (κ3) is 5.01. The number of para-hydroxylation sites is 2.